The Balaban J connectivity index is 1.79. The fourth-order valence-corrected chi connectivity index (χ4v) is 4.95. The summed E-state index contributed by atoms with van der Waals surface area (Å²) in [5.74, 6) is -3.11. The number of hydrogen-bond donors (Lipinski definition) is 1. The summed E-state index contributed by atoms with van der Waals surface area (Å²) in [5, 5.41) is 9.51. The van der Waals surface area contributed by atoms with E-state index in [0.29, 0.717) is 18.8 Å². The van der Waals surface area contributed by atoms with Crippen molar-refractivity contribution in [1.29, 1.82) is 0 Å². The maximum atomic E-state index is 15.3. The van der Waals surface area contributed by atoms with Gasteiger partial charge in [0.2, 0.25) is 5.67 Å². The third kappa shape index (κ3) is 9.79. The minimum Gasteiger partial charge on any atom is -0.494 e. The first-order chi connectivity index (χ1) is 21.1. The predicted molar refractivity (Wildman–Crippen MR) is 168 cm³/mol. The molecule has 0 aliphatic heterocycles. The number of esters is 2. The van der Waals surface area contributed by atoms with Gasteiger partial charge < -0.3 is 19.3 Å². The molecular formula is C36H45FO7. The van der Waals surface area contributed by atoms with Crippen molar-refractivity contribution in [2.75, 3.05) is 6.61 Å². The molecule has 2 aromatic carbocycles. The summed E-state index contributed by atoms with van der Waals surface area (Å²) in [5.41, 5.74) is -3.32. The molecule has 1 aliphatic rings. The van der Waals surface area contributed by atoms with Crippen molar-refractivity contribution in [3.8, 4) is 11.5 Å². The van der Waals surface area contributed by atoms with Crippen LogP contribution in [0.3, 0.4) is 0 Å². The number of unbranched alkanes of at least 4 members (excludes halogenated alkanes) is 7. The van der Waals surface area contributed by atoms with Gasteiger partial charge in [-0.05, 0) is 68.7 Å². The normalized spacial score (nSPS) is 18.8. The number of halogens is 1. The Morgan fingerprint density at radius 3 is 2.14 bits per heavy atom. The topological polar surface area (TPSA) is 99.1 Å². The van der Waals surface area contributed by atoms with Gasteiger partial charge in [0, 0.05) is 5.56 Å². The summed E-state index contributed by atoms with van der Waals surface area (Å²) in [6.07, 6.45) is 14.9. The quantitative estimate of drug-likeness (QED) is 0.0784. The third-order valence-electron chi connectivity index (χ3n) is 7.69. The molecule has 0 spiro atoms. The van der Waals surface area contributed by atoms with Crippen LogP contribution in [0.25, 0.3) is 0 Å². The van der Waals surface area contributed by atoms with E-state index in [2.05, 4.69) is 6.92 Å². The molecule has 0 radical (unpaired) electrons. The van der Waals surface area contributed by atoms with Crippen LogP contribution in [0, 0.1) is 5.92 Å². The Morgan fingerprint density at radius 2 is 1.48 bits per heavy atom. The Hall–Kier alpha value is -3.94. The molecule has 7 nitrogen and oxygen atoms in total. The number of carboxylic acids is 1. The van der Waals surface area contributed by atoms with E-state index >= 15 is 4.39 Å². The average molecular weight is 609 g/mol. The highest BCUT2D eigenvalue weighted by molar-refractivity contribution is 5.90. The van der Waals surface area contributed by atoms with Gasteiger partial charge in [0.15, 0.2) is 5.60 Å². The van der Waals surface area contributed by atoms with Crippen molar-refractivity contribution in [2.45, 2.75) is 96.2 Å². The van der Waals surface area contributed by atoms with Crippen LogP contribution in [0.5, 0.6) is 11.5 Å². The lowest BCUT2D eigenvalue weighted by atomic mass is 9.85. The fourth-order valence-electron chi connectivity index (χ4n) is 4.95. The molecule has 0 amide bonds. The van der Waals surface area contributed by atoms with Crippen LogP contribution in [0.2, 0.25) is 0 Å². The lowest BCUT2D eigenvalue weighted by molar-refractivity contribution is -0.147. The zero-order chi connectivity index (χ0) is 32.0. The molecule has 2 aromatic rings. The van der Waals surface area contributed by atoms with Crippen LogP contribution in [0.4, 0.5) is 4.39 Å². The summed E-state index contributed by atoms with van der Waals surface area (Å²) in [7, 11) is 0. The number of carboxylic acid groups (broad SMARTS) is 1. The molecule has 0 bridgehead atoms. The Morgan fingerprint density at radius 1 is 0.864 bits per heavy atom. The van der Waals surface area contributed by atoms with E-state index in [9.17, 15) is 19.5 Å². The van der Waals surface area contributed by atoms with Crippen molar-refractivity contribution in [1.82, 2.24) is 0 Å². The van der Waals surface area contributed by atoms with Crippen LogP contribution >= 0.6 is 0 Å². The lowest BCUT2D eigenvalue weighted by Gasteiger charge is -2.32. The summed E-state index contributed by atoms with van der Waals surface area (Å²) in [6.45, 7) is 5.96. The molecule has 0 aromatic heterocycles. The van der Waals surface area contributed by atoms with E-state index in [0.717, 1.165) is 25.7 Å². The van der Waals surface area contributed by atoms with Crippen molar-refractivity contribution < 1.29 is 38.1 Å². The monoisotopic (exact) mass is 608 g/mol. The highest BCUT2D eigenvalue weighted by atomic mass is 19.1. The molecule has 0 saturated heterocycles. The molecule has 1 aliphatic carbocycles. The number of hydrogen-bond acceptors (Lipinski definition) is 6. The number of rotatable bonds is 18. The maximum absolute atomic E-state index is 15.3. The number of carbonyl (C=O) groups is 3. The van der Waals surface area contributed by atoms with Crippen molar-refractivity contribution >= 4 is 17.9 Å². The SMILES string of the molecule is CCCCCCCCOc1ccc(C(=O)OC2(c3ccccc3OC(=O)C(C)(F)CCCCC)C=CC(C(=O)O)C=C2)cc1. The second-order valence-electron chi connectivity index (χ2n) is 11.4. The van der Waals surface area contributed by atoms with Crippen LogP contribution in [0.15, 0.2) is 72.8 Å². The van der Waals surface area contributed by atoms with Gasteiger partial charge >= 0.3 is 17.9 Å². The smallest absolute Gasteiger partial charge is 0.348 e. The zero-order valence-corrected chi connectivity index (χ0v) is 26.1. The summed E-state index contributed by atoms with van der Waals surface area (Å²) >= 11 is 0. The molecule has 0 saturated carbocycles. The van der Waals surface area contributed by atoms with Crippen LogP contribution in [-0.2, 0) is 19.9 Å². The Kier molecular flexibility index (Phi) is 13.2. The number of aliphatic carboxylic acids is 1. The van der Waals surface area contributed by atoms with Gasteiger partial charge in [-0.1, -0.05) is 89.1 Å². The van der Waals surface area contributed by atoms with Gasteiger partial charge in [0.25, 0.3) is 0 Å². The average Bonchev–Trinajstić information content (AvgIpc) is 3.01. The second-order valence-corrected chi connectivity index (χ2v) is 11.4. The third-order valence-corrected chi connectivity index (χ3v) is 7.69. The van der Waals surface area contributed by atoms with Crippen LogP contribution < -0.4 is 9.47 Å². The van der Waals surface area contributed by atoms with Gasteiger partial charge in [-0.2, -0.15) is 0 Å². The van der Waals surface area contributed by atoms with Crippen LogP contribution in [-0.4, -0.2) is 35.3 Å². The van der Waals surface area contributed by atoms with E-state index in [1.54, 1.807) is 42.5 Å². The van der Waals surface area contributed by atoms with E-state index in [4.69, 9.17) is 14.2 Å². The molecule has 0 heterocycles. The molecule has 1 unspecified atom stereocenters. The van der Waals surface area contributed by atoms with Gasteiger partial charge in [-0.15, -0.1) is 0 Å². The van der Waals surface area contributed by atoms with E-state index in [1.807, 2.05) is 6.92 Å². The largest absolute Gasteiger partial charge is 0.494 e. The van der Waals surface area contributed by atoms with E-state index < -0.39 is 35.1 Å². The molecule has 1 atom stereocenters. The minimum atomic E-state index is -2.21. The van der Waals surface area contributed by atoms with Crippen LogP contribution in [0.1, 0.15) is 101 Å². The van der Waals surface area contributed by atoms with Gasteiger partial charge in [0.1, 0.15) is 11.5 Å². The highest BCUT2D eigenvalue weighted by Gasteiger charge is 2.40. The summed E-state index contributed by atoms with van der Waals surface area (Å²) in [6, 6.07) is 13.0. The molecule has 0 fully saturated rings. The first kappa shape index (κ1) is 34.5. The van der Waals surface area contributed by atoms with Crippen molar-refractivity contribution in [2.24, 2.45) is 5.92 Å². The maximum Gasteiger partial charge on any atom is 0.348 e. The first-order valence-corrected chi connectivity index (χ1v) is 15.7. The lowest BCUT2D eigenvalue weighted by Crippen LogP contribution is -2.36. The first-order valence-electron chi connectivity index (χ1n) is 15.7. The molecule has 238 valence electrons. The number of carbonyl (C=O) groups excluding carboxylic acids is 2. The predicted octanol–water partition coefficient (Wildman–Crippen LogP) is 8.52. The van der Waals surface area contributed by atoms with E-state index in [-0.39, 0.29) is 23.3 Å². The molecule has 44 heavy (non-hydrogen) atoms. The Labute approximate surface area is 260 Å². The fraction of sp³-hybridized carbons (Fsp3) is 0.472. The van der Waals surface area contributed by atoms with Crippen molar-refractivity contribution in [3.63, 3.8) is 0 Å². The van der Waals surface area contributed by atoms with Gasteiger partial charge in [-0.25, -0.2) is 14.0 Å². The number of alkyl halides is 1. The van der Waals surface area contributed by atoms with Gasteiger partial charge in [0.05, 0.1) is 18.1 Å². The molecule has 1 N–H and O–H groups in total. The second kappa shape index (κ2) is 16.8. The summed E-state index contributed by atoms with van der Waals surface area (Å²) < 4.78 is 32.7. The number of para-hydroxylation sites is 1. The Bertz CT molecular complexity index is 1280. The van der Waals surface area contributed by atoms with Gasteiger partial charge in [-0.3, -0.25) is 4.79 Å². The standard InChI is InChI=1S/C36H45FO7/c1-4-6-8-9-10-14-26-42-29-19-17-28(18-20-29)33(40)44-36(24-21-27(22-25-36)32(38)39)30-15-11-12-16-31(30)43-34(41)35(3,37)23-13-7-5-2/h11-12,15-22,24-25,27H,4-10,13-14,23,26H2,1-3H3,(H,38,39). The van der Waals surface area contributed by atoms with Crippen molar-refractivity contribution in [3.05, 3.63) is 84.0 Å². The number of ether oxygens (including phenoxy) is 3. The highest BCUT2D eigenvalue weighted by Crippen LogP contribution is 2.40. The molecular weight excluding hydrogens is 563 g/mol. The molecule has 3 rings (SSSR count). The molecule has 8 heteroatoms. The summed E-state index contributed by atoms with van der Waals surface area (Å²) in [4.78, 5) is 38.0. The number of benzene rings is 2. The van der Waals surface area contributed by atoms with E-state index in [1.165, 1.54) is 63.0 Å². The zero-order valence-electron chi connectivity index (χ0n) is 26.1. The minimum absolute atomic E-state index is 0.00573.